The van der Waals surface area contributed by atoms with Gasteiger partial charge in [-0.05, 0) is 25.1 Å². The average molecular weight is 270 g/mol. The topological polar surface area (TPSA) is 6.48 Å². The molecule has 1 fully saturated rings. The summed E-state index contributed by atoms with van der Waals surface area (Å²) in [4.78, 5) is 4.82. The lowest BCUT2D eigenvalue weighted by molar-refractivity contribution is 0.440. The van der Waals surface area contributed by atoms with Gasteiger partial charge in [-0.15, -0.1) is 0 Å². The van der Waals surface area contributed by atoms with Gasteiger partial charge in [0.2, 0.25) is 0 Å². The van der Waals surface area contributed by atoms with Crippen molar-refractivity contribution in [2.75, 3.05) is 26.2 Å². The molecule has 0 aromatic carbocycles. The molecular weight excluding hydrogens is 240 g/mol. The van der Waals surface area contributed by atoms with E-state index >= 15 is 0 Å². The Kier molecular flexibility index (Phi) is 8.40. The van der Waals surface area contributed by atoms with Crippen molar-refractivity contribution in [2.45, 2.75) is 65.2 Å². The minimum Gasteiger partial charge on any atom is -0.347 e. The lowest BCUT2D eigenvalue weighted by Gasteiger charge is -2.21. The molecule has 0 bridgehead atoms. The highest BCUT2D eigenvalue weighted by Crippen LogP contribution is 2.13. The van der Waals surface area contributed by atoms with Crippen molar-refractivity contribution in [3.63, 3.8) is 0 Å². The Hall–Kier alpha value is -0.310. The third-order valence-corrected chi connectivity index (χ3v) is 4.26. The number of hydrogen-bond donors (Lipinski definition) is 0. The van der Waals surface area contributed by atoms with Gasteiger partial charge in [-0.3, -0.25) is 0 Å². The van der Waals surface area contributed by atoms with Crippen LogP contribution in [0.2, 0.25) is 0 Å². The van der Waals surface area contributed by atoms with Crippen LogP contribution in [0, 0.1) is 0 Å². The number of rotatable bonds is 10. The van der Waals surface area contributed by atoms with Gasteiger partial charge in [-0.2, -0.15) is 0 Å². The van der Waals surface area contributed by atoms with Crippen molar-refractivity contribution in [1.82, 2.24) is 9.80 Å². The van der Waals surface area contributed by atoms with Crippen LogP contribution in [0.3, 0.4) is 0 Å². The fraction of sp³-hybridized carbons (Fsp3) is 0.933. The smallest absolute Gasteiger partial charge is 0.171 e. The summed E-state index contributed by atoms with van der Waals surface area (Å²) in [5.74, 6) is 0. The van der Waals surface area contributed by atoms with E-state index in [4.69, 9.17) is 12.2 Å². The average Bonchev–Trinajstić information content (AvgIpc) is 2.72. The SMILES string of the molecule is CCCCCCN1CCN(CCCCCC)C1=S. The molecule has 18 heavy (non-hydrogen) atoms. The van der Waals surface area contributed by atoms with E-state index in [-0.39, 0.29) is 0 Å². The molecule has 0 aromatic heterocycles. The monoisotopic (exact) mass is 270 g/mol. The molecule has 0 amide bonds. The van der Waals surface area contributed by atoms with E-state index in [1.54, 1.807) is 0 Å². The van der Waals surface area contributed by atoms with E-state index in [2.05, 4.69) is 23.6 Å². The first-order chi connectivity index (χ1) is 8.79. The summed E-state index contributed by atoms with van der Waals surface area (Å²) in [7, 11) is 0. The number of thiocarbonyl (C=S) groups is 1. The summed E-state index contributed by atoms with van der Waals surface area (Å²) in [6.45, 7) is 9.17. The Labute approximate surface area is 119 Å². The second kappa shape index (κ2) is 9.60. The maximum Gasteiger partial charge on any atom is 0.171 e. The third-order valence-electron chi connectivity index (χ3n) is 3.74. The Morgan fingerprint density at radius 3 is 1.61 bits per heavy atom. The maximum absolute atomic E-state index is 5.57. The summed E-state index contributed by atoms with van der Waals surface area (Å²) in [5.41, 5.74) is 0. The summed E-state index contributed by atoms with van der Waals surface area (Å²) in [6.07, 6.45) is 10.7. The summed E-state index contributed by atoms with van der Waals surface area (Å²) in [6, 6.07) is 0. The van der Waals surface area contributed by atoms with Crippen LogP contribution in [-0.4, -0.2) is 41.1 Å². The molecule has 0 spiro atoms. The summed E-state index contributed by atoms with van der Waals surface area (Å²) in [5, 5.41) is 1.11. The molecule has 1 heterocycles. The zero-order valence-corrected chi connectivity index (χ0v) is 13.1. The highest BCUT2D eigenvalue weighted by molar-refractivity contribution is 7.80. The Balaban J connectivity index is 2.12. The molecule has 0 saturated carbocycles. The first-order valence-electron chi connectivity index (χ1n) is 7.83. The zero-order chi connectivity index (χ0) is 13.2. The molecule has 3 heteroatoms. The van der Waals surface area contributed by atoms with Gasteiger partial charge in [0.05, 0.1) is 0 Å². The van der Waals surface area contributed by atoms with Crippen LogP contribution in [0.5, 0.6) is 0 Å². The van der Waals surface area contributed by atoms with Gasteiger partial charge < -0.3 is 9.80 Å². The predicted octanol–water partition coefficient (Wildman–Crippen LogP) is 4.05. The number of hydrogen-bond acceptors (Lipinski definition) is 1. The molecular formula is C15H30N2S. The van der Waals surface area contributed by atoms with Crippen LogP contribution in [-0.2, 0) is 0 Å². The fourth-order valence-corrected chi connectivity index (χ4v) is 2.87. The summed E-state index contributed by atoms with van der Waals surface area (Å²) < 4.78 is 0. The molecule has 0 aliphatic carbocycles. The van der Waals surface area contributed by atoms with E-state index in [1.807, 2.05) is 0 Å². The highest BCUT2D eigenvalue weighted by Gasteiger charge is 2.23. The number of unbranched alkanes of at least 4 members (excludes halogenated alkanes) is 6. The van der Waals surface area contributed by atoms with E-state index in [9.17, 15) is 0 Å². The third kappa shape index (κ3) is 5.55. The molecule has 0 aromatic rings. The molecule has 1 saturated heterocycles. The maximum atomic E-state index is 5.57. The lowest BCUT2D eigenvalue weighted by atomic mass is 10.2. The van der Waals surface area contributed by atoms with Gasteiger partial charge in [0.25, 0.3) is 0 Å². The second-order valence-electron chi connectivity index (χ2n) is 5.38. The first kappa shape index (κ1) is 15.7. The number of nitrogens with zero attached hydrogens (tertiary/aromatic N) is 2. The minimum atomic E-state index is 1.11. The second-order valence-corrected chi connectivity index (χ2v) is 5.74. The Bertz CT molecular complexity index is 209. The largest absolute Gasteiger partial charge is 0.347 e. The quantitative estimate of drug-likeness (QED) is 0.437. The molecule has 0 radical (unpaired) electrons. The lowest BCUT2D eigenvalue weighted by Crippen LogP contribution is -2.32. The van der Waals surface area contributed by atoms with Gasteiger partial charge in [0.15, 0.2) is 5.11 Å². The van der Waals surface area contributed by atoms with Crippen molar-refractivity contribution in [1.29, 1.82) is 0 Å². The van der Waals surface area contributed by atoms with Crippen LogP contribution in [0.1, 0.15) is 65.2 Å². The first-order valence-corrected chi connectivity index (χ1v) is 8.24. The van der Waals surface area contributed by atoms with Gasteiger partial charge >= 0.3 is 0 Å². The molecule has 0 unspecified atom stereocenters. The van der Waals surface area contributed by atoms with E-state index in [1.165, 1.54) is 64.5 Å². The van der Waals surface area contributed by atoms with Gasteiger partial charge in [-0.1, -0.05) is 52.4 Å². The summed E-state index contributed by atoms with van der Waals surface area (Å²) >= 11 is 5.57. The van der Waals surface area contributed by atoms with Crippen molar-refractivity contribution in [2.24, 2.45) is 0 Å². The molecule has 1 aliphatic heterocycles. The standard InChI is InChI=1S/C15H30N2S/c1-3-5-7-9-11-16-13-14-17(15(16)18)12-10-8-6-4-2/h3-14H2,1-2H3. The van der Waals surface area contributed by atoms with Crippen molar-refractivity contribution in [3.8, 4) is 0 Å². The molecule has 1 aliphatic rings. The molecule has 0 N–H and O–H groups in total. The molecule has 106 valence electrons. The fourth-order valence-electron chi connectivity index (χ4n) is 2.51. The van der Waals surface area contributed by atoms with E-state index in [0.29, 0.717) is 0 Å². The Morgan fingerprint density at radius 1 is 0.778 bits per heavy atom. The molecule has 0 atom stereocenters. The van der Waals surface area contributed by atoms with Gasteiger partial charge in [-0.25, -0.2) is 0 Å². The molecule has 1 rings (SSSR count). The predicted molar refractivity (Wildman–Crippen MR) is 84.0 cm³/mol. The van der Waals surface area contributed by atoms with Crippen molar-refractivity contribution >= 4 is 17.3 Å². The van der Waals surface area contributed by atoms with Crippen LogP contribution in [0.25, 0.3) is 0 Å². The highest BCUT2D eigenvalue weighted by atomic mass is 32.1. The molecule has 2 nitrogen and oxygen atoms in total. The van der Waals surface area contributed by atoms with Crippen molar-refractivity contribution < 1.29 is 0 Å². The van der Waals surface area contributed by atoms with Crippen LogP contribution in [0.4, 0.5) is 0 Å². The van der Waals surface area contributed by atoms with Gasteiger partial charge in [0.1, 0.15) is 0 Å². The Morgan fingerprint density at radius 2 is 1.22 bits per heavy atom. The van der Waals surface area contributed by atoms with E-state index in [0.717, 1.165) is 18.2 Å². The van der Waals surface area contributed by atoms with Crippen molar-refractivity contribution in [3.05, 3.63) is 0 Å². The van der Waals surface area contributed by atoms with Crippen LogP contribution >= 0.6 is 12.2 Å². The normalized spacial score (nSPS) is 15.8. The van der Waals surface area contributed by atoms with Crippen LogP contribution < -0.4 is 0 Å². The van der Waals surface area contributed by atoms with Gasteiger partial charge in [0, 0.05) is 26.2 Å². The zero-order valence-electron chi connectivity index (χ0n) is 12.3. The van der Waals surface area contributed by atoms with Crippen LogP contribution in [0.15, 0.2) is 0 Å². The minimum absolute atomic E-state index is 1.11. The van der Waals surface area contributed by atoms with E-state index < -0.39 is 0 Å².